The van der Waals surface area contributed by atoms with Crippen LogP contribution >= 0.6 is 0 Å². The number of nitrogens with zero attached hydrogens (tertiary/aromatic N) is 1. The molecule has 1 heterocycles. The molecule has 0 amide bonds. The molecule has 2 atom stereocenters. The van der Waals surface area contributed by atoms with Gasteiger partial charge in [-0.1, -0.05) is 0 Å². The van der Waals surface area contributed by atoms with Crippen molar-refractivity contribution < 1.29 is 27.5 Å². The smallest absolute Gasteiger partial charge is 0.359 e. The summed E-state index contributed by atoms with van der Waals surface area (Å²) in [5.41, 5.74) is 0. The Labute approximate surface area is 92.2 Å². The average molecular weight is 243 g/mol. The summed E-state index contributed by atoms with van der Waals surface area (Å²) in [5, 5.41) is 1.49. The van der Waals surface area contributed by atoms with E-state index in [1.165, 1.54) is 19.3 Å². The second kappa shape index (κ2) is 5.81. The molecule has 0 spiro atoms. The maximum Gasteiger partial charge on any atom is 0.389 e. The second-order valence-corrected chi connectivity index (χ2v) is 3.62. The van der Waals surface area contributed by atoms with Gasteiger partial charge in [0.2, 0.25) is 0 Å². The van der Waals surface area contributed by atoms with Gasteiger partial charge in [0, 0.05) is 13.5 Å². The molecule has 0 radical (unpaired) electrons. The van der Waals surface area contributed by atoms with Gasteiger partial charge in [0.25, 0.3) is 0 Å². The fraction of sp³-hybridized carbons (Fsp3) is 1.00. The third kappa shape index (κ3) is 3.89. The normalized spacial score (nSPS) is 26.8. The Morgan fingerprint density at radius 1 is 1.31 bits per heavy atom. The molecule has 1 aliphatic heterocycles. The highest BCUT2D eigenvalue weighted by atomic mass is 19.4. The Kier molecular flexibility index (Phi) is 4.97. The minimum absolute atomic E-state index is 0.0221. The van der Waals surface area contributed by atoms with E-state index in [2.05, 4.69) is 0 Å². The van der Waals surface area contributed by atoms with Crippen molar-refractivity contribution in [3.63, 3.8) is 0 Å². The van der Waals surface area contributed by atoms with Gasteiger partial charge in [-0.25, -0.2) is 0 Å². The van der Waals surface area contributed by atoms with Crippen LogP contribution in [0, 0.1) is 0 Å². The van der Waals surface area contributed by atoms with E-state index in [1.807, 2.05) is 0 Å². The standard InChI is InChI=1S/C9H16F3NO3/c1-14-6-16-8-5-13(15-2)7(8)3-4-9(10,11)12/h7-8H,3-6H2,1-2H3/t7-,8+/m0/s1. The minimum atomic E-state index is -4.14. The van der Waals surface area contributed by atoms with E-state index < -0.39 is 12.6 Å². The zero-order valence-electron chi connectivity index (χ0n) is 9.29. The van der Waals surface area contributed by atoms with E-state index in [9.17, 15) is 13.2 Å². The van der Waals surface area contributed by atoms with E-state index in [0.717, 1.165) is 0 Å². The fourth-order valence-electron chi connectivity index (χ4n) is 1.65. The third-order valence-electron chi connectivity index (χ3n) is 2.52. The second-order valence-electron chi connectivity index (χ2n) is 3.62. The van der Waals surface area contributed by atoms with Gasteiger partial charge in [0.15, 0.2) is 0 Å². The largest absolute Gasteiger partial charge is 0.389 e. The van der Waals surface area contributed by atoms with Crippen LogP contribution in [0.25, 0.3) is 0 Å². The molecule has 0 unspecified atom stereocenters. The zero-order chi connectivity index (χ0) is 12.2. The molecule has 1 aliphatic rings. The monoisotopic (exact) mass is 243 g/mol. The van der Waals surface area contributed by atoms with Crippen LogP contribution in [-0.4, -0.2) is 50.9 Å². The first-order valence-electron chi connectivity index (χ1n) is 4.96. The van der Waals surface area contributed by atoms with Crippen molar-refractivity contribution in [3.05, 3.63) is 0 Å². The van der Waals surface area contributed by atoms with Gasteiger partial charge in [-0.15, -0.1) is 0 Å². The maximum atomic E-state index is 12.1. The SMILES string of the molecule is COCO[C@@H]1CN(OC)[C@H]1CCC(F)(F)F. The number of methoxy groups -OCH3 is 1. The lowest BCUT2D eigenvalue weighted by molar-refractivity contribution is -0.284. The van der Waals surface area contributed by atoms with E-state index in [4.69, 9.17) is 14.3 Å². The average Bonchev–Trinajstić information content (AvgIpc) is 2.15. The summed E-state index contributed by atoms with van der Waals surface area (Å²) in [4.78, 5) is 4.92. The van der Waals surface area contributed by atoms with Crippen LogP contribution in [0.1, 0.15) is 12.8 Å². The number of halogens is 3. The molecule has 0 saturated carbocycles. The van der Waals surface area contributed by atoms with E-state index in [0.29, 0.717) is 6.54 Å². The number of hydroxylamine groups is 2. The molecule has 1 saturated heterocycles. The molecular formula is C9H16F3NO3. The number of ether oxygens (including phenoxy) is 2. The Balaban J connectivity index is 2.33. The lowest BCUT2D eigenvalue weighted by Crippen LogP contribution is -2.60. The summed E-state index contributed by atoms with van der Waals surface area (Å²) in [5.74, 6) is 0. The summed E-state index contributed by atoms with van der Waals surface area (Å²) in [6.45, 7) is 0.563. The van der Waals surface area contributed by atoms with Gasteiger partial charge in [0.1, 0.15) is 6.79 Å². The summed E-state index contributed by atoms with van der Waals surface area (Å²) in [6.07, 6.45) is -5.24. The molecule has 0 aromatic heterocycles. The van der Waals surface area contributed by atoms with Gasteiger partial charge >= 0.3 is 6.18 Å². The van der Waals surface area contributed by atoms with E-state index >= 15 is 0 Å². The molecular weight excluding hydrogens is 227 g/mol. The number of hydrogen-bond donors (Lipinski definition) is 0. The van der Waals surface area contributed by atoms with Crippen molar-refractivity contribution in [2.24, 2.45) is 0 Å². The summed E-state index contributed by atoms with van der Waals surface area (Å²) in [7, 11) is 2.91. The molecule has 4 nitrogen and oxygen atoms in total. The maximum absolute atomic E-state index is 12.1. The lowest BCUT2D eigenvalue weighted by atomic mass is 9.97. The topological polar surface area (TPSA) is 30.9 Å². The van der Waals surface area contributed by atoms with Crippen molar-refractivity contribution in [2.45, 2.75) is 31.2 Å². The molecule has 1 rings (SSSR count). The van der Waals surface area contributed by atoms with Crippen molar-refractivity contribution in [2.75, 3.05) is 27.6 Å². The van der Waals surface area contributed by atoms with Gasteiger partial charge in [0.05, 0.1) is 25.8 Å². The Morgan fingerprint density at radius 3 is 2.50 bits per heavy atom. The summed E-state index contributed by atoms with van der Waals surface area (Å²) >= 11 is 0. The highest BCUT2D eigenvalue weighted by Crippen LogP contribution is 2.30. The predicted molar refractivity (Wildman–Crippen MR) is 49.5 cm³/mol. The number of hydrogen-bond acceptors (Lipinski definition) is 4. The van der Waals surface area contributed by atoms with Crippen molar-refractivity contribution in [1.29, 1.82) is 0 Å². The van der Waals surface area contributed by atoms with E-state index in [1.54, 1.807) is 0 Å². The lowest BCUT2D eigenvalue weighted by Gasteiger charge is -2.45. The molecule has 0 N–H and O–H groups in total. The van der Waals surface area contributed by atoms with Crippen molar-refractivity contribution in [3.8, 4) is 0 Å². The van der Waals surface area contributed by atoms with Crippen LogP contribution < -0.4 is 0 Å². The highest BCUT2D eigenvalue weighted by molar-refractivity contribution is 4.89. The Bertz CT molecular complexity index is 211. The zero-order valence-corrected chi connectivity index (χ0v) is 9.29. The van der Waals surface area contributed by atoms with Gasteiger partial charge in [-0.2, -0.15) is 18.2 Å². The van der Waals surface area contributed by atoms with Gasteiger partial charge in [-0.05, 0) is 6.42 Å². The van der Waals surface area contributed by atoms with Crippen LogP contribution in [0.3, 0.4) is 0 Å². The first-order chi connectivity index (χ1) is 7.48. The first-order valence-corrected chi connectivity index (χ1v) is 4.96. The van der Waals surface area contributed by atoms with Crippen molar-refractivity contribution >= 4 is 0 Å². The Morgan fingerprint density at radius 2 is 2.00 bits per heavy atom. The molecule has 0 bridgehead atoms. The van der Waals surface area contributed by atoms with Crippen LogP contribution in [0.5, 0.6) is 0 Å². The molecule has 0 aromatic rings. The van der Waals surface area contributed by atoms with Crippen LogP contribution in [-0.2, 0) is 14.3 Å². The predicted octanol–water partition coefficient (Wildman–Crippen LogP) is 1.56. The quantitative estimate of drug-likeness (QED) is 0.662. The van der Waals surface area contributed by atoms with Crippen molar-refractivity contribution in [1.82, 2.24) is 5.06 Å². The highest BCUT2D eigenvalue weighted by Gasteiger charge is 2.42. The minimum Gasteiger partial charge on any atom is -0.359 e. The summed E-state index contributed by atoms with van der Waals surface area (Å²) in [6, 6.07) is -0.346. The van der Waals surface area contributed by atoms with Gasteiger partial charge < -0.3 is 14.3 Å². The fourth-order valence-corrected chi connectivity index (χ4v) is 1.65. The molecule has 7 heteroatoms. The van der Waals surface area contributed by atoms with Crippen LogP contribution in [0.2, 0.25) is 0 Å². The molecule has 96 valence electrons. The van der Waals surface area contributed by atoms with E-state index in [-0.39, 0.29) is 25.4 Å². The summed E-state index contributed by atoms with van der Waals surface area (Å²) < 4.78 is 46.1. The third-order valence-corrected chi connectivity index (χ3v) is 2.52. The number of rotatable bonds is 6. The Hall–Kier alpha value is -0.370. The first kappa shape index (κ1) is 13.7. The number of alkyl halides is 3. The molecule has 16 heavy (non-hydrogen) atoms. The molecule has 0 aliphatic carbocycles. The molecule has 0 aromatic carbocycles. The molecule has 1 fully saturated rings. The van der Waals surface area contributed by atoms with Gasteiger partial charge in [-0.3, -0.25) is 0 Å². The van der Waals surface area contributed by atoms with Crippen LogP contribution in [0.15, 0.2) is 0 Å². The van der Waals surface area contributed by atoms with Crippen LogP contribution in [0.4, 0.5) is 13.2 Å².